The monoisotopic (exact) mass is 944 g/mol. The molecule has 0 radical (unpaired) electrons. The Hall–Kier alpha value is -3.21. The van der Waals surface area contributed by atoms with Crippen LogP contribution >= 0.6 is 0 Å². The molecule has 0 spiro atoms. The van der Waals surface area contributed by atoms with E-state index in [2.05, 4.69) is 195 Å². The Bertz CT molecular complexity index is 1920. The van der Waals surface area contributed by atoms with Crippen LogP contribution in [0.25, 0.3) is 22.3 Å². The van der Waals surface area contributed by atoms with Crippen molar-refractivity contribution in [3.8, 4) is 22.3 Å². The maximum absolute atomic E-state index is 3.47. The molecule has 2 atom stereocenters. The molecule has 4 aliphatic rings. The molecule has 4 aromatic carbocycles. The van der Waals surface area contributed by atoms with Gasteiger partial charge in [-0.15, -0.1) is 47.6 Å². The first-order valence-electron chi connectivity index (χ1n) is 17.6. The van der Waals surface area contributed by atoms with E-state index in [0.29, 0.717) is 11.8 Å². The van der Waals surface area contributed by atoms with Gasteiger partial charge in [-0.25, -0.2) is 0 Å². The fourth-order valence-electron chi connectivity index (χ4n) is 6.84. The molecule has 0 bridgehead atoms. The van der Waals surface area contributed by atoms with Crippen LogP contribution in [0, 0.1) is 12.2 Å². The molecule has 0 fully saturated rings. The van der Waals surface area contributed by atoms with Crippen molar-refractivity contribution in [2.75, 3.05) is 0 Å². The third-order valence-corrected chi connectivity index (χ3v) is 9.16. The summed E-state index contributed by atoms with van der Waals surface area (Å²) in [5, 5.41) is 0. The second-order valence-electron chi connectivity index (χ2n) is 13.4. The van der Waals surface area contributed by atoms with Gasteiger partial charge in [-0.2, -0.15) is 34.4 Å². The molecule has 2 unspecified atom stereocenters. The molecule has 0 aromatic heterocycles. The van der Waals surface area contributed by atoms with Crippen LogP contribution in [0.4, 0.5) is 0 Å². The van der Waals surface area contributed by atoms with Crippen LogP contribution in [-0.4, -0.2) is 10.1 Å². The molecular formula is C48H44Cl2GeHf-2. The molecular weight excluding hydrogens is 899 g/mol. The third kappa shape index (κ3) is 10.9. The van der Waals surface area contributed by atoms with Crippen LogP contribution in [0.3, 0.4) is 0 Å². The molecule has 0 amide bonds. The Morgan fingerprint density at radius 1 is 0.519 bits per heavy atom. The Morgan fingerprint density at radius 2 is 0.846 bits per heavy atom. The third-order valence-electron chi connectivity index (χ3n) is 9.16. The molecule has 0 heterocycles. The van der Waals surface area contributed by atoms with E-state index in [1.54, 1.807) is 0 Å². The average Bonchev–Trinajstić information content (AvgIpc) is 3.55. The van der Waals surface area contributed by atoms with Crippen molar-refractivity contribution in [3.63, 3.8) is 0 Å². The fraction of sp³-hybridized carbons (Fsp3) is 0.167. The maximum Gasteiger partial charge on any atom is -1.00 e. The van der Waals surface area contributed by atoms with E-state index >= 15 is 0 Å². The molecule has 52 heavy (non-hydrogen) atoms. The summed E-state index contributed by atoms with van der Waals surface area (Å²) in [7, 11) is -0.194. The molecule has 4 aliphatic carbocycles. The minimum atomic E-state index is -0.194. The second-order valence-corrected chi connectivity index (χ2v) is 36.2. The van der Waals surface area contributed by atoms with Crippen LogP contribution in [-0.2, 0) is 21.3 Å². The topological polar surface area (TPSA) is 0 Å². The summed E-state index contributed by atoms with van der Waals surface area (Å²) in [4.78, 5) is 0. The van der Waals surface area contributed by atoms with Gasteiger partial charge in [0.25, 0.3) is 0 Å². The first-order chi connectivity index (χ1) is 24.4. The Morgan fingerprint density at radius 3 is 1.19 bits per heavy atom. The Balaban J connectivity index is 0.000000204. The standard InChI is InChI=1S/2C23H19.C2H6Ge.2ClH.Hf/c2*1-17-15-21-9-5-6-10-22(23(21)16-17)20-13-11-19(12-14-20)18-7-3-2-4-8-18;1-3-2;;;/h2*2-9,11-14,16,22H,10H2,1H3;1-2H3;2*1H;/q2*-1;;;;+2/p-2. The van der Waals surface area contributed by atoms with E-state index in [4.69, 9.17) is 0 Å². The van der Waals surface area contributed by atoms with Crippen molar-refractivity contribution in [3.05, 3.63) is 215 Å². The van der Waals surface area contributed by atoms with Crippen molar-refractivity contribution < 1.29 is 46.1 Å². The number of allylic oxidation sites excluding steroid dienone is 16. The summed E-state index contributed by atoms with van der Waals surface area (Å²) in [5.41, 5.74) is 15.6. The van der Waals surface area contributed by atoms with Gasteiger partial charge < -0.3 is 24.8 Å². The van der Waals surface area contributed by atoms with E-state index in [1.165, 1.54) is 88.1 Å². The molecule has 260 valence electrons. The van der Waals surface area contributed by atoms with Gasteiger partial charge in [0.1, 0.15) is 0 Å². The average molecular weight is 943 g/mol. The van der Waals surface area contributed by atoms with Gasteiger partial charge in [-0.3, -0.25) is 0 Å². The van der Waals surface area contributed by atoms with Gasteiger partial charge in [0, 0.05) is 0 Å². The zero-order chi connectivity index (χ0) is 34.9. The number of hydrogen-bond acceptors (Lipinski definition) is 0. The van der Waals surface area contributed by atoms with Gasteiger partial charge in [0.15, 0.2) is 0 Å². The van der Waals surface area contributed by atoms with Crippen molar-refractivity contribution in [2.24, 2.45) is 0 Å². The Kier molecular flexibility index (Phi) is 16.2. The maximum atomic E-state index is 3.47. The van der Waals surface area contributed by atoms with Crippen LogP contribution in [0.1, 0.15) is 49.7 Å². The van der Waals surface area contributed by atoms with Crippen molar-refractivity contribution >= 4 is 10.1 Å². The molecule has 8 rings (SSSR count). The van der Waals surface area contributed by atoms with Gasteiger partial charge in [0.2, 0.25) is 0 Å². The van der Waals surface area contributed by atoms with Gasteiger partial charge in [0.05, 0.1) is 0 Å². The summed E-state index contributed by atoms with van der Waals surface area (Å²) in [6, 6.07) is 39.2. The number of fused-ring (bicyclic) bond motifs is 2. The van der Waals surface area contributed by atoms with E-state index in [9.17, 15) is 0 Å². The molecule has 0 N–H and O–H groups in total. The quantitative estimate of drug-likeness (QED) is 0.156. The van der Waals surface area contributed by atoms with Crippen LogP contribution in [0.5, 0.6) is 0 Å². The summed E-state index contributed by atoms with van der Waals surface area (Å²) in [6.07, 6.45) is 26.8. The summed E-state index contributed by atoms with van der Waals surface area (Å²) in [6.45, 7) is 4.25. The zero-order valence-corrected chi connectivity index (χ0v) is 37.5. The molecule has 0 nitrogen and oxygen atoms in total. The minimum absolute atomic E-state index is 0. The summed E-state index contributed by atoms with van der Waals surface area (Å²) < 4.78 is 0. The normalized spacial score (nSPS) is 17.8. The second kappa shape index (κ2) is 20.3. The largest absolute Gasteiger partial charge is 1.00 e. The molecule has 4 aromatic rings. The first-order valence-corrected chi connectivity index (χ1v) is 32.1. The molecule has 0 aliphatic heterocycles. The first kappa shape index (κ1) is 41.5. The number of hydrogen-bond donors (Lipinski definition) is 0. The summed E-state index contributed by atoms with van der Waals surface area (Å²) in [5.74, 6) is 5.64. The van der Waals surface area contributed by atoms with Crippen molar-refractivity contribution in [1.29, 1.82) is 0 Å². The SMILES string of the molecule is CC1=[C-]C2=CC=CCC(c3ccc(-c4ccccc4)cc3)C2=C1.CC1=[C-]C2=CC=CCC(c3ccc(-c4ccccc4)cc3)C2=C1.[CH3][Ge]([CH3])=[Hf+2].[Cl-].[Cl-]. The van der Waals surface area contributed by atoms with E-state index in [1.807, 2.05) is 0 Å². The van der Waals surface area contributed by atoms with Crippen LogP contribution < -0.4 is 24.8 Å². The Labute approximate surface area is 340 Å². The van der Waals surface area contributed by atoms with E-state index < -0.39 is 0 Å². The van der Waals surface area contributed by atoms with Gasteiger partial charge >= 0.3 is 42.8 Å². The number of benzene rings is 4. The van der Waals surface area contributed by atoms with Crippen molar-refractivity contribution in [1.82, 2.24) is 0 Å². The minimum Gasteiger partial charge on any atom is -1.00 e. The van der Waals surface area contributed by atoms with Crippen molar-refractivity contribution in [2.45, 2.75) is 50.0 Å². The number of halogens is 2. The summed E-state index contributed by atoms with van der Waals surface area (Å²) >= 11 is 1.52. The molecule has 0 saturated carbocycles. The molecule has 4 heteroatoms. The predicted molar refractivity (Wildman–Crippen MR) is 211 cm³/mol. The number of rotatable bonds is 4. The van der Waals surface area contributed by atoms with Crippen LogP contribution in [0.15, 0.2) is 191 Å². The van der Waals surface area contributed by atoms with E-state index in [-0.39, 0.29) is 34.9 Å². The zero-order valence-electron chi connectivity index (χ0n) is 30.3. The smallest absolute Gasteiger partial charge is 1.00 e. The predicted octanol–water partition coefficient (Wildman–Crippen LogP) is 6.82. The fourth-order valence-corrected chi connectivity index (χ4v) is 6.84. The van der Waals surface area contributed by atoms with Crippen LogP contribution in [0.2, 0.25) is 11.5 Å². The van der Waals surface area contributed by atoms with Gasteiger partial charge in [-0.05, 0) is 58.1 Å². The van der Waals surface area contributed by atoms with E-state index in [0.717, 1.165) is 12.8 Å². The molecule has 0 saturated heterocycles. The van der Waals surface area contributed by atoms with Gasteiger partial charge in [-0.1, -0.05) is 135 Å².